The van der Waals surface area contributed by atoms with Crippen molar-refractivity contribution in [2.24, 2.45) is 0 Å². The van der Waals surface area contributed by atoms with E-state index >= 15 is 0 Å². The summed E-state index contributed by atoms with van der Waals surface area (Å²) in [6.45, 7) is 0. The van der Waals surface area contributed by atoms with Gasteiger partial charge in [-0.05, 0) is 16.7 Å². The van der Waals surface area contributed by atoms with Gasteiger partial charge in [0, 0.05) is 0 Å². The third-order valence-corrected chi connectivity index (χ3v) is 2.65. The van der Waals surface area contributed by atoms with E-state index in [0.29, 0.717) is 0 Å². The Balaban J connectivity index is 2.23. The lowest BCUT2D eigenvalue weighted by Gasteiger charge is -2.02. The first-order chi connectivity index (χ1) is 8.75. The topological polar surface area (TPSA) is 37.3 Å². The molecule has 0 atom stereocenters. The zero-order valence-corrected chi connectivity index (χ0v) is 9.91. The first kappa shape index (κ1) is 12.1. The summed E-state index contributed by atoms with van der Waals surface area (Å²) in [5.41, 5.74) is 2.88. The van der Waals surface area contributed by atoms with Crippen molar-refractivity contribution in [3.63, 3.8) is 0 Å². The van der Waals surface area contributed by atoms with Crippen LogP contribution in [0.4, 0.5) is 0 Å². The number of carboxylic acids is 1. The van der Waals surface area contributed by atoms with Crippen molar-refractivity contribution >= 4 is 18.1 Å². The van der Waals surface area contributed by atoms with Crippen LogP contribution in [-0.2, 0) is 11.2 Å². The molecule has 0 radical (unpaired) electrons. The van der Waals surface area contributed by atoms with E-state index in [1.165, 1.54) is 0 Å². The molecule has 0 saturated carbocycles. The van der Waals surface area contributed by atoms with Crippen molar-refractivity contribution in [3.05, 3.63) is 71.3 Å². The van der Waals surface area contributed by atoms with Crippen LogP contribution < -0.4 is 0 Å². The summed E-state index contributed by atoms with van der Waals surface area (Å²) < 4.78 is 0. The van der Waals surface area contributed by atoms with E-state index in [1.807, 2.05) is 66.7 Å². The van der Waals surface area contributed by atoms with E-state index < -0.39 is 5.97 Å². The van der Waals surface area contributed by atoms with Gasteiger partial charge in [0.05, 0.1) is 6.42 Å². The molecule has 90 valence electrons. The van der Waals surface area contributed by atoms with Crippen molar-refractivity contribution < 1.29 is 9.90 Å². The van der Waals surface area contributed by atoms with Gasteiger partial charge in [-0.1, -0.05) is 66.7 Å². The lowest BCUT2D eigenvalue weighted by Crippen LogP contribution is -2.01. The predicted molar refractivity (Wildman–Crippen MR) is 73.2 cm³/mol. The summed E-state index contributed by atoms with van der Waals surface area (Å²) in [6, 6.07) is 17.5. The lowest BCUT2D eigenvalue weighted by atomic mass is 10.0. The summed E-state index contributed by atoms with van der Waals surface area (Å²) in [4.78, 5) is 10.8. The molecule has 0 fully saturated rings. The van der Waals surface area contributed by atoms with Crippen LogP contribution in [0.2, 0.25) is 0 Å². The van der Waals surface area contributed by atoms with Crippen LogP contribution in [0.15, 0.2) is 54.6 Å². The van der Waals surface area contributed by atoms with Crippen LogP contribution in [-0.4, -0.2) is 11.1 Å². The molecule has 0 spiro atoms. The first-order valence-electron chi connectivity index (χ1n) is 5.78. The van der Waals surface area contributed by atoms with Gasteiger partial charge in [0.25, 0.3) is 0 Å². The molecule has 0 unspecified atom stereocenters. The molecule has 2 aromatic rings. The maximum absolute atomic E-state index is 10.8. The second-order valence-electron chi connectivity index (χ2n) is 4.01. The van der Waals surface area contributed by atoms with Gasteiger partial charge < -0.3 is 5.11 Å². The molecule has 0 aliphatic heterocycles. The Morgan fingerprint density at radius 2 is 1.61 bits per heavy atom. The van der Waals surface area contributed by atoms with E-state index in [1.54, 1.807) is 0 Å². The molecule has 2 heteroatoms. The highest BCUT2D eigenvalue weighted by Crippen LogP contribution is 2.14. The van der Waals surface area contributed by atoms with Crippen LogP contribution in [0.1, 0.15) is 16.7 Å². The minimum atomic E-state index is -0.810. The van der Waals surface area contributed by atoms with Gasteiger partial charge in [-0.15, -0.1) is 0 Å². The van der Waals surface area contributed by atoms with E-state index in [9.17, 15) is 4.79 Å². The summed E-state index contributed by atoms with van der Waals surface area (Å²) in [5.74, 6) is -0.810. The minimum absolute atomic E-state index is 0.0509. The molecule has 1 N–H and O–H groups in total. The van der Waals surface area contributed by atoms with Gasteiger partial charge in [-0.25, -0.2) is 0 Å². The van der Waals surface area contributed by atoms with E-state index in [-0.39, 0.29) is 6.42 Å². The summed E-state index contributed by atoms with van der Waals surface area (Å²) in [6.07, 6.45) is 3.99. The predicted octanol–water partition coefficient (Wildman–Crippen LogP) is 3.48. The number of hydrogen-bond donors (Lipinski definition) is 1. The molecule has 0 saturated heterocycles. The standard InChI is InChI=1S/C16H14O2/c17-16(18)12-15-9-5-4-8-14(15)11-10-13-6-2-1-3-7-13/h1-11H,12H2,(H,17,18). The fourth-order valence-corrected chi connectivity index (χ4v) is 1.77. The summed E-state index contributed by atoms with van der Waals surface area (Å²) in [5, 5.41) is 8.85. The van der Waals surface area contributed by atoms with E-state index in [2.05, 4.69) is 0 Å². The van der Waals surface area contributed by atoms with Gasteiger partial charge in [-0.3, -0.25) is 4.79 Å². The molecular weight excluding hydrogens is 224 g/mol. The van der Waals surface area contributed by atoms with Crippen molar-refractivity contribution in [1.29, 1.82) is 0 Å². The molecule has 2 rings (SSSR count). The van der Waals surface area contributed by atoms with E-state index in [4.69, 9.17) is 5.11 Å². The number of rotatable bonds is 4. The molecule has 0 aromatic heterocycles. The highest BCUT2D eigenvalue weighted by Gasteiger charge is 2.03. The third-order valence-electron chi connectivity index (χ3n) is 2.65. The Morgan fingerprint density at radius 1 is 0.944 bits per heavy atom. The van der Waals surface area contributed by atoms with Gasteiger partial charge in [0.2, 0.25) is 0 Å². The van der Waals surface area contributed by atoms with Gasteiger partial charge in [0.1, 0.15) is 0 Å². The average molecular weight is 238 g/mol. The third kappa shape index (κ3) is 3.32. The molecule has 0 amide bonds. The zero-order valence-electron chi connectivity index (χ0n) is 9.91. The SMILES string of the molecule is O=C(O)Cc1ccccc1C=Cc1ccccc1. The Labute approximate surface area is 106 Å². The monoisotopic (exact) mass is 238 g/mol. The van der Waals surface area contributed by atoms with Crippen LogP contribution in [0, 0.1) is 0 Å². The highest BCUT2D eigenvalue weighted by molar-refractivity contribution is 5.76. The van der Waals surface area contributed by atoms with Crippen LogP contribution >= 0.6 is 0 Å². The molecule has 2 nitrogen and oxygen atoms in total. The van der Waals surface area contributed by atoms with Gasteiger partial charge in [-0.2, -0.15) is 0 Å². The number of benzene rings is 2. The van der Waals surface area contributed by atoms with Crippen LogP contribution in [0.5, 0.6) is 0 Å². The van der Waals surface area contributed by atoms with Crippen molar-refractivity contribution in [3.8, 4) is 0 Å². The Morgan fingerprint density at radius 3 is 2.33 bits per heavy atom. The van der Waals surface area contributed by atoms with Crippen LogP contribution in [0.25, 0.3) is 12.2 Å². The highest BCUT2D eigenvalue weighted by atomic mass is 16.4. The Bertz CT molecular complexity index is 556. The number of aliphatic carboxylic acids is 1. The maximum atomic E-state index is 10.8. The second kappa shape index (κ2) is 5.82. The first-order valence-corrected chi connectivity index (χ1v) is 5.78. The van der Waals surface area contributed by atoms with Crippen LogP contribution in [0.3, 0.4) is 0 Å². The smallest absolute Gasteiger partial charge is 0.307 e. The quantitative estimate of drug-likeness (QED) is 0.828. The summed E-state index contributed by atoms with van der Waals surface area (Å²) >= 11 is 0. The zero-order chi connectivity index (χ0) is 12.8. The number of carbonyl (C=O) groups is 1. The lowest BCUT2D eigenvalue weighted by molar-refractivity contribution is -0.136. The molecular formula is C16H14O2. The number of carboxylic acid groups (broad SMARTS) is 1. The Hall–Kier alpha value is -2.35. The maximum Gasteiger partial charge on any atom is 0.307 e. The molecule has 0 aliphatic carbocycles. The largest absolute Gasteiger partial charge is 0.481 e. The molecule has 18 heavy (non-hydrogen) atoms. The average Bonchev–Trinajstić information content (AvgIpc) is 2.38. The molecule has 2 aromatic carbocycles. The molecule has 0 heterocycles. The van der Waals surface area contributed by atoms with Crippen molar-refractivity contribution in [2.45, 2.75) is 6.42 Å². The molecule has 0 bridgehead atoms. The molecule has 0 aliphatic rings. The number of hydrogen-bond acceptors (Lipinski definition) is 1. The van der Waals surface area contributed by atoms with Gasteiger partial charge in [0.15, 0.2) is 0 Å². The summed E-state index contributed by atoms with van der Waals surface area (Å²) in [7, 11) is 0. The second-order valence-corrected chi connectivity index (χ2v) is 4.01. The van der Waals surface area contributed by atoms with Crippen molar-refractivity contribution in [1.82, 2.24) is 0 Å². The minimum Gasteiger partial charge on any atom is -0.481 e. The fourth-order valence-electron chi connectivity index (χ4n) is 1.77. The normalized spacial score (nSPS) is 10.7. The van der Waals surface area contributed by atoms with Crippen molar-refractivity contribution in [2.75, 3.05) is 0 Å². The van der Waals surface area contributed by atoms with Gasteiger partial charge >= 0.3 is 5.97 Å². The fraction of sp³-hybridized carbons (Fsp3) is 0.0625. The van der Waals surface area contributed by atoms with E-state index in [0.717, 1.165) is 16.7 Å². The Kier molecular flexibility index (Phi) is 3.92.